The van der Waals surface area contributed by atoms with Crippen LogP contribution < -0.4 is 27.0 Å². The fourth-order valence-corrected chi connectivity index (χ4v) is 4.57. The van der Waals surface area contributed by atoms with Gasteiger partial charge < -0.3 is 42.1 Å². The topological polar surface area (TPSA) is 186 Å². The highest BCUT2D eigenvalue weighted by atomic mass is 16.3. The van der Waals surface area contributed by atoms with Gasteiger partial charge in [0.05, 0.1) is 0 Å². The number of urea groups is 2. The molecule has 3 aromatic rings. The summed E-state index contributed by atoms with van der Waals surface area (Å²) in [6.07, 6.45) is 4.64. The number of primary amides is 1. The van der Waals surface area contributed by atoms with Crippen molar-refractivity contribution in [3.63, 3.8) is 0 Å². The standard InChI is InChI=1S/C34H44N6O6/c35-31(43)27-11-13-28(14-12-27)32(44)40(23-25-7-15-29(16-8-25)38-33(45)36-19-3-1-5-21-41)24-26-9-17-30(18-10-26)39-34(46)37-20-4-2-6-22-42/h7-18,41-42H,1-6,19-24H2,(H2,35,43)(H2,36,38,45)(H2,37,39,46). The molecule has 0 radical (unpaired) electrons. The predicted octanol–water partition coefficient (Wildman–Crippen LogP) is 4.20. The lowest BCUT2D eigenvalue weighted by atomic mass is 10.1. The first kappa shape index (κ1) is 35.5. The van der Waals surface area contributed by atoms with E-state index in [9.17, 15) is 19.2 Å². The van der Waals surface area contributed by atoms with Gasteiger partial charge in [0.15, 0.2) is 0 Å². The fraction of sp³-hybridized carbons (Fsp3) is 0.353. The predicted molar refractivity (Wildman–Crippen MR) is 177 cm³/mol. The number of nitrogens with zero attached hydrogens (tertiary/aromatic N) is 1. The molecule has 0 aliphatic heterocycles. The van der Waals surface area contributed by atoms with E-state index in [0.717, 1.165) is 36.8 Å². The highest BCUT2D eigenvalue weighted by molar-refractivity contribution is 5.97. The molecule has 3 rings (SSSR count). The van der Waals surface area contributed by atoms with Crippen molar-refractivity contribution in [3.8, 4) is 0 Å². The normalized spacial score (nSPS) is 10.6. The van der Waals surface area contributed by atoms with Crippen LogP contribution in [0.25, 0.3) is 0 Å². The molecular formula is C34H44N6O6. The first-order valence-electron chi connectivity index (χ1n) is 15.5. The molecule has 0 aromatic heterocycles. The molecule has 0 bridgehead atoms. The molecule has 0 fully saturated rings. The second-order valence-corrected chi connectivity index (χ2v) is 10.8. The molecule has 0 heterocycles. The van der Waals surface area contributed by atoms with Crippen molar-refractivity contribution < 1.29 is 29.4 Å². The van der Waals surface area contributed by atoms with Crippen LogP contribution >= 0.6 is 0 Å². The van der Waals surface area contributed by atoms with Crippen LogP contribution in [0.3, 0.4) is 0 Å². The highest BCUT2D eigenvalue weighted by Gasteiger charge is 2.18. The second kappa shape index (κ2) is 19.4. The number of hydrogen-bond donors (Lipinski definition) is 7. The Bertz CT molecular complexity index is 1320. The molecular weight excluding hydrogens is 588 g/mol. The van der Waals surface area contributed by atoms with Crippen molar-refractivity contribution in [2.45, 2.75) is 51.6 Å². The molecule has 0 spiro atoms. The Morgan fingerprint density at radius 1 is 0.565 bits per heavy atom. The van der Waals surface area contributed by atoms with Gasteiger partial charge in [-0.15, -0.1) is 0 Å². The Kier molecular flexibility index (Phi) is 15.0. The van der Waals surface area contributed by atoms with Crippen LogP contribution in [0.15, 0.2) is 72.8 Å². The number of carbonyl (C=O) groups excluding carboxylic acids is 4. The zero-order chi connectivity index (χ0) is 33.1. The van der Waals surface area contributed by atoms with E-state index in [4.69, 9.17) is 15.9 Å². The third-order valence-corrected chi connectivity index (χ3v) is 7.11. The lowest BCUT2D eigenvalue weighted by Gasteiger charge is -2.24. The SMILES string of the molecule is NC(=O)c1ccc(C(=O)N(Cc2ccc(NC(=O)NCCCCCO)cc2)Cc2ccc(NC(=O)NCCCCCO)cc2)cc1. The van der Waals surface area contributed by atoms with Crippen molar-refractivity contribution in [3.05, 3.63) is 95.1 Å². The molecule has 8 N–H and O–H groups in total. The average Bonchev–Trinajstić information content (AvgIpc) is 3.05. The maximum absolute atomic E-state index is 13.6. The molecule has 12 nitrogen and oxygen atoms in total. The number of nitrogens with one attached hydrogen (secondary N) is 4. The van der Waals surface area contributed by atoms with E-state index in [1.165, 1.54) is 12.1 Å². The number of carbonyl (C=O) groups is 4. The highest BCUT2D eigenvalue weighted by Crippen LogP contribution is 2.18. The van der Waals surface area contributed by atoms with Gasteiger partial charge in [0, 0.05) is 61.9 Å². The van der Waals surface area contributed by atoms with Gasteiger partial charge in [-0.25, -0.2) is 9.59 Å². The summed E-state index contributed by atoms with van der Waals surface area (Å²) in [5, 5.41) is 28.9. The Labute approximate surface area is 269 Å². The Hall–Kier alpha value is -4.94. The number of nitrogens with two attached hydrogens (primary N) is 1. The summed E-state index contributed by atoms with van der Waals surface area (Å²) in [4.78, 5) is 51.2. The minimum absolute atomic E-state index is 0.140. The first-order valence-corrected chi connectivity index (χ1v) is 15.5. The summed E-state index contributed by atoms with van der Waals surface area (Å²) < 4.78 is 0. The lowest BCUT2D eigenvalue weighted by Crippen LogP contribution is -2.30. The molecule has 12 heteroatoms. The van der Waals surface area contributed by atoms with Crippen LogP contribution in [-0.2, 0) is 13.1 Å². The minimum atomic E-state index is -0.580. The number of benzene rings is 3. The van der Waals surface area contributed by atoms with E-state index < -0.39 is 5.91 Å². The van der Waals surface area contributed by atoms with Crippen LogP contribution in [-0.4, -0.2) is 65.3 Å². The van der Waals surface area contributed by atoms with E-state index in [-0.39, 0.29) is 44.3 Å². The van der Waals surface area contributed by atoms with E-state index in [1.54, 1.807) is 41.3 Å². The minimum Gasteiger partial charge on any atom is -0.396 e. The number of hydrogen-bond acceptors (Lipinski definition) is 6. The van der Waals surface area contributed by atoms with Crippen molar-refractivity contribution in [2.75, 3.05) is 36.9 Å². The van der Waals surface area contributed by atoms with Crippen molar-refractivity contribution in [2.24, 2.45) is 5.73 Å². The van der Waals surface area contributed by atoms with Gasteiger partial charge in [0.1, 0.15) is 0 Å². The van der Waals surface area contributed by atoms with E-state index in [2.05, 4.69) is 21.3 Å². The summed E-state index contributed by atoms with van der Waals surface area (Å²) in [5.74, 6) is -0.828. The number of anilines is 2. The van der Waals surface area contributed by atoms with Gasteiger partial charge in [-0.1, -0.05) is 24.3 Å². The van der Waals surface area contributed by atoms with Crippen LogP contribution in [0.1, 0.15) is 70.4 Å². The maximum atomic E-state index is 13.6. The molecule has 0 saturated carbocycles. The Morgan fingerprint density at radius 2 is 0.978 bits per heavy atom. The second-order valence-electron chi connectivity index (χ2n) is 10.8. The maximum Gasteiger partial charge on any atom is 0.319 e. The molecule has 3 aromatic carbocycles. The number of amides is 6. The van der Waals surface area contributed by atoms with Crippen LogP contribution in [0.2, 0.25) is 0 Å². The molecule has 0 aliphatic carbocycles. The van der Waals surface area contributed by atoms with Gasteiger partial charge in [-0.3, -0.25) is 9.59 Å². The van der Waals surface area contributed by atoms with Crippen LogP contribution in [0.4, 0.5) is 21.0 Å². The number of aliphatic hydroxyl groups is 2. The molecule has 0 saturated heterocycles. The average molecular weight is 633 g/mol. The van der Waals surface area contributed by atoms with Crippen LogP contribution in [0.5, 0.6) is 0 Å². The van der Waals surface area contributed by atoms with E-state index >= 15 is 0 Å². The van der Waals surface area contributed by atoms with Crippen molar-refractivity contribution in [1.82, 2.24) is 15.5 Å². The van der Waals surface area contributed by atoms with Crippen LogP contribution in [0, 0.1) is 0 Å². The molecule has 46 heavy (non-hydrogen) atoms. The summed E-state index contributed by atoms with van der Waals surface area (Å²) in [6.45, 7) is 1.84. The number of aliphatic hydroxyl groups excluding tert-OH is 2. The molecule has 6 amide bonds. The summed E-state index contributed by atoms with van der Waals surface area (Å²) >= 11 is 0. The van der Waals surface area contributed by atoms with E-state index in [0.29, 0.717) is 48.4 Å². The number of rotatable bonds is 18. The van der Waals surface area contributed by atoms with Crippen molar-refractivity contribution >= 4 is 35.3 Å². The smallest absolute Gasteiger partial charge is 0.319 e. The quantitative estimate of drug-likeness (QED) is 0.103. The summed E-state index contributed by atoms with van der Waals surface area (Å²) in [7, 11) is 0. The summed E-state index contributed by atoms with van der Waals surface area (Å²) in [5.41, 5.74) is 8.95. The monoisotopic (exact) mass is 632 g/mol. The van der Waals surface area contributed by atoms with E-state index in [1.807, 2.05) is 24.3 Å². The summed E-state index contributed by atoms with van der Waals surface area (Å²) in [6, 6.07) is 20.0. The third-order valence-electron chi connectivity index (χ3n) is 7.11. The van der Waals surface area contributed by atoms with Gasteiger partial charge in [-0.05, 0) is 98.2 Å². The zero-order valence-electron chi connectivity index (χ0n) is 26.0. The number of unbranched alkanes of at least 4 members (excludes halogenated alkanes) is 4. The Balaban J connectivity index is 1.65. The van der Waals surface area contributed by atoms with Gasteiger partial charge in [0.2, 0.25) is 5.91 Å². The fourth-order valence-electron chi connectivity index (χ4n) is 4.57. The first-order chi connectivity index (χ1) is 22.3. The van der Waals surface area contributed by atoms with Crippen molar-refractivity contribution in [1.29, 1.82) is 0 Å². The molecule has 0 atom stereocenters. The molecule has 0 aliphatic rings. The van der Waals surface area contributed by atoms with Gasteiger partial charge in [-0.2, -0.15) is 0 Å². The van der Waals surface area contributed by atoms with Gasteiger partial charge in [0.25, 0.3) is 5.91 Å². The largest absolute Gasteiger partial charge is 0.396 e. The molecule has 246 valence electrons. The Morgan fingerprint density at radius 3 is 1.37 bits per heavy atom. The third kappa shape index (κ3) is 12.6. The lowest BCUT2D eigenvalue weighted by molar-refractivity contribution is 0.0729. The molecule has 0 unspecified atom stereocenters. The van der Waals surface area contributed by atoms with Gasteiger partial charge >= 0.3 is 12.1 Å². The zero-order valence-corrected chi connectivity index (χ0v) is 26.0.